The number of methoxy groups -OCH3 is 1. The molecule has 0 aromatic carbocycles. The monoisotopic (exact) mass is 330 g/mol. The van der Waals surface area contributed by atoms with Crippen LogP contribution >= 0.6 is 11.3 Å². The summed E-state index contributed by atoms with van der Waals surface area (Å²) in [6, 6.07) is 0. The van der Waals surface area contributed by atoms with Crippen LogP contribution in [0.3, 0.4) is 0 Å². The van der Waals surface area contributed by atoms with Crippen molar-refractivity contribution < 1.29 is 13.2 Å². The summed E-state index contributed by atoms with van der Waals surface area (Å²) in [4.78, 5) is 1.35. The van der Waals surface area contributed by atoms with Gasteiger partial charge in [0.25, 0.3) is 0 Å². The number of hydrogen-bond acceptors (Lipinski definition) is 5. The van der Waals surface area contributed by atoms with Crippen LogP contribution in [0.4, 0.5) is 0 Å². The van der Waals surface area contributed by atoms with Gasteiger partial charge in [-0.15, -0.1) is 11.3 Å². The second kappa shape index (κ2) is 7.02. The summed E-state index contributed by atoms with van der Waals surface area (Å²) < 4.78 is 32.4. The van der Waals surface area contributed by atoms with Gasteiger partial charge < -0.3 is 10.1 Å². The molecule has 0 saturated carbocycles. The Morgan fingerprint density at radius 3 is 2.81 bits per heavy atom. The molecule has 2 heterocycles. The van der Waals surface area contributed by atoms with Gasteiger partial charge in [-0.2, -0.15) is 4.31 Å². The zero-order valence-corrected chi connectivity index (χ0v) is 14.3. The van der Waals surface area contributed by atoms with Gasteiger partial charge in [0.05, 0.1) is 6.61 Å². The topological polar surface area (TPSA) is 58.6 Å². The van der Waals surface area contributed by atoms with Crippen molar-refractivity contribution in [2.24, 2.45) is 0 Å². The van der Waals surface area contributed by atoms with E-state index < -0.39 is 10.0 Å². The molecule has 1 aliphatic rings. The van der Waals surface area contributed by atoms with E-state index in [0.717, 1.165) is 16.9 Å². The third kappa shape index (κ3) is 3.54. The summed E-state index contributed by atoms with van der Waals surface area (Å²) in [5, 5.41) is 4.95. The first-order valence-corrected chi connectivity index (χ1v) is 9.21. The van der Waals surface area contributed by atoms with Crippen molar-refractivity contribution in [1.29, 1.82) is 0 Å². The molecule has 1 aromatic rings. The molecular formula is C14H22N2O3S2. The SMILES string of the molecule is CNCc1scc(C)c1S(=O)(=O)N1CC=C(COC)CC1. The number of aryl methyl sites for hydroxylation is 1. The number of sulfonamides is 1. The summed E-state index contributed by atoms with van der Waals surface area (Å²) in [5.74, 6) is 0. The third-order valence-electron chi connectivity index (χ3n) is 3.52. The van der Waals surface area contributed by atoms with E-state index in [2.05, 4.69) is 5.32 Å². The van der Waals surface area contributed by atoms with Crippen LogP contribution in [0.2, 0.25) is 0 Å². The zero-order chi connectivity index (χ0) is 15.5. The average Bonchev–Trinajstić information content (AvgIpc) is 2.82. The quantitative estimate of drug-likeness (QED) is 0.807. The maximum absolute atomic E-state index is 12.9. The summed E-state index contributed by atoms with van der Waals surface area (Å²) in [7, 11) is 0.0587. The second-order valence-electron chi connectivity index (χ2n) is 5.11. The van der Waals surface area contributed by atoms with Crippen LogP contribution in [-0.2, 0) is 21.3 Å². The van der Waals surface area contributed by atoms with Crippen LogP contribution < -0.4 is 5.32 Å². The smallest absolute Gasteiger partial charge is 0.244 e. The van der Waals surface area contributed by atoms with E-state index in [1.54, 1.807) is 11.4 Å². The molecule has 0 unspecified atom stereocenters. The van der Waals surface area contributed by atoms with E-state index in [1.807, 2.05) is 25.4 Å². The van der Waals surface area contributed by atoms with Crippen LogP contribution in [0, 0.1) is 6.92 Å². The molecule has 0 atom stereocenters. The molecule has 1 aliphatic heterocycles. The Morgan fingerprint density at radius 1 is 1.48 bits per heavy atom. The molecule has 0 spiro atoms. The molecule has 0 aliphatic carbocycles. The van der Waals surface area contributed by atoms with Gasteiger partial charge in [0.1, 0.15) is 4.90 Å². The molecule has 0 fully saturated rings. The summed E-state index contributed by atoms with van der Waals surface area (Å²) >= 11 is 1.50. The lowest BCUT2D eigenvalue weighted by atomic mass is 10.1. The van der Waals surface area contributed by atoms with Crippen LogP contribution in [-0.4, -0.2) is 46.6 Å². The van der Waals surface area contributed by atoms with Crippen molar-refractivity contribution in [1.82, 2.24) is 9.62 Å². The van der Waals surface area contributed by atoms with Gasteiger partial charge in [0.15, 0.2) is 0 Å². The molecule has 2 rings (SSSR count). The Kier molecular flexibility index (Phi) is 5.56. The number of thiophene rings is 1. The molecule has 0 bridgehead atoms. The Hall–Kier alpha value is -0.730. The predicted octanol–water partition coefficient (Wildman–Crippen LogP) is 1.74. The van der Waals surface area contributed by atoms with Crippen molar-refractivity contribution in [3.05, 3.63) is 27.5 Å². The van der Waals surface area contributed by atoms with E-state index in [-0.39, 0.29) is 0 Å². The Morgan fingerprint density at radius 2 is 2.24 bits per heavy atom. The second-order valence-corrected chi connectivity index (χ2v) is 7.95. The molecule has 0 amide bonds. The first-order valence-electron chi connectivity index (χ1n) is 6.89. The fourth-order valence-electron chi connectivity index (χ4n) is 2.47. The Labute approximate surface area is 130 Å². The van der Waals surface area contributed by atoms with Crippen LogP contribution in [0.15, 0.2) is 21.9 Å². The van der Waals surface area contributed by atoms with Crippen LogP contribution in [0.1, 0.15) is 16.9 Å². The minimum atomic E-state index is -3.42. The minimum Gasteiger partial charge on any atom is -0.380 e. The van der Waals surface area contributed by atoms with Crippen LogP contribution in [0.25, 0.3) is 0 Å². The summed E-state index contributed by atoms with van der Waals surface area (Å²) in [6.45, 7) is 3.96. The highest BCUT2D eigenvalue weighted by Crippen LogP contribution is 2.30. The Bertz CT molecular complexity index is 620. The van der Waals surface area contributed by atoms with Gasteiger partial charge in [0.2, 0.25) is 10.0 Å². The lowest BCUT2D eigenvalue weighted by molar-refractivity contribution is 0.219. The van der Waals surface area contributed by atoms with Crippen molar-refractivity contribution in [2.45, 2.75) is 24.8 Å². The van der Waals surface area contributed by atoms with Gasteiger partial charge in [-0.1, -0.05) is 6.08 Å². The van der Waals surface area contributed by atoms with Crippen molar-refractivity contribution >= 4 is 21.4 Å². The molecular weight excluding hydrogens is 308 g/mol. The first kappa shape index (κ1) is 16.6. The Balaban J connectivity index is 2.26. The van der Waals surface area contributed by atoms with E-state index in [9.17, 15) is 8.42 Å². The maximum atomic E-state index is 12.9. The van der Waals surface area contributed by atoms with E-state index in [4.69, 9.17) is 4.74 Å². The highest BCUT2D eigenvalue weighted by atomic mass is 32.2. The van der Waals surface area contributed by atoms with Crippen molar-refractivity contribution in [3.63, 3.8) is 0 Å². The van der Waals surface area contributed by atoms with E-state index in [1.165, 1.54) is 16.9 Å². The van der Waals surface area contributed by atoms with E-state index in [0.29, 0.717) is 31.1 Å². The third-order valence-corrected chi connectivity index (χ3v) is 6.85. The lowest BCUT2D eigenvalue weighted by Gasteiger charge is -2.26. The number of ether oxygens (including phenoxy) is 1. The van der Waals surface area contributed by atoms with Crippen molar-refractivity contribution in [2.75, 3.05) is 33.9 Å². The molecule has 0 radical (unpaired) electrons. The van der Waals surface area contributed by atoms with Gasteiger partial charge in [0, 0.05) is 31.6 Å². The number of nitrogens with one attached hydrogen (secondary N) is 1. The summed E-state index contributed by atoms with van der Waals surface area (Å²) in [5.41, 5.74) is 2.00. The lowest BCUT2D eigenvalue weighted by Crippen LogP contribution is -2.36. The molecule has 21 heavy (non-hydrogen) atoms. The van der Waals surface area contributed by atoms with Gasteiger partial charge >= 0.3 is 0 Å². The molecule has 7 heteroatoms. The normalized spacial score (nSPS) is 17.0. The number of hydrogen-bond donors (Lipinski definition) is 1. The van der Waals surface area contributed by atoms with Gasteiger partial charge in [-0.25, -0.2) is 8.42 Å². The van der Waals surface area contributed by atoms with Gasteiger partial charge in [-0.05, 0) is 36.9 Å². The predicted molar refractivity (Wildman–Crippen MR) is 85.2 cm³/mol. The number of nitrogens with zero attached hydrogens (tertiary/aromatic N) is 1. The van der Waals surface area contributed by atoms with Crippen LogP contribution in [0.5, 0.6) is 0 Å². The largest absolute Gasteiger partial charge is 0.380 e. The standard InChI is InChI=1S/C14H22N2O3S2/c1-11-10-20-13(8-15-2)14(11)21(17,18)16-6-4-12(5-7-16)9-19-3/h4,10,15H,5-9H2,1-3H3. The molecule has 118 valence electrons. The zero-order valence-electron chi connectivity index (χ0n) is 12.7. The first-order chi connectivity index (χ1) is 10.0. The van der Waals surface area contributed by atoms with E-state index >= 15 is 0 Å². The fraction of sp³-hybridized carbons (Fsp3) is 0.571. The average molecular weight is 330 g/mol. The minimum absolute atomic E-state index is 0.426. The van der Waals surface area contributed by atoms with Crippen molar-refractivity contribution in [3.8, 4) is 0 Å². The molecule has 5 nitrogen and oxygen atoms in total. The molecule has 1 N–H and O–H groups in total. The highest BCUT2D eigenvalue weighted by Gasteiger charge is 2.30. The maximum Gasteiger partial charge on any atom is 0.244 e. The number of rotatable bonds is 6. The fourth-order valence-corrected chi connectivity index (χ4v) is 5.63. The summed E-state index contributed by atoms with van der Waals surface area (Å²) in [6.07, 6.45) is 2.70. The molecule has 1 aromatic heterocycles. The van der Waals surface area contributed by atoms with Gasteiger partial charge in [-0.3, -0.25) is 0 Å². The highest BCUT2D eigenvalue weighted by molar-refractivity contribution is 7.89. The molecule has 0 saturated heterocycles.